The Morgan fingerprint density at radius 2 is 1.29 bits per heavy atom. The van der Waals surface area contributed by atoms with Crippen molar-refractivity contribution in [2.24, 2.45) is 11.8 Å². The molecule has 0 spiro atoms. The molecule has 0 radical (unpaired) electrons. The van der Waals surface area contributed by atoms with Gasteiger partial charge in [-0.3, -0.25) is 0 Å². The Hall–Kier alpha value is -6.46. The van der Waals surface area contributed by atoms with Crippen LogP contribution in [0.15, 0.2) is 94.0 Å². The van der Waals surface area contributed by atoms with Crippen LogP contribution in [0.2, 0.25) is 0 Å². The molecule has 0 aliphatic heterocycles. The number of nitriles is 3. The zero-order chi connectivity index (χ0) is 26.8. The van der Waals surface area contributed by atoms with Gasteiger partial charge in [0, 0.05) is 47.4 Å². The van der Waals surface area contributed by atoms with Crippen LogP contribution < -0.4 is 0 Å². The number of rotatable bonds is 2. The van der Waals surface area contributed by atoms with Gasteiger partial charge in [0.1, 0.15) is 11.9 Å². The van der Waals surface area contributed by atoms with Crippen molar-refractivity contribution < 1.29 is 0 Å². The van der Waals surface area contributed by atoms with E-state index in [1.165, 1.54) is 24.8 Å². The zero-order valence-corrected chi connectivity index (χ0v) is 19.2. The fourth-order valence-electron chi connectivity index (χ4n) is 4.93. The summed E-state index contributed by atoms with van der Waals surface area (Å²) in [6.45, 7) is 23.2. The van der Waals surface area contributed by atoms with Crippen molar-refractivity contribution in [1.29, 1.82) is 15.8 Å². The van der Waals surface area contributed by atoms with Crippen molar-refractivity contribution in [2.75, 3.05) is 0 Å². The van der Waals surface area contributed by atoms with E-state index in [9.17, 15) is 15.8 Å². The predicted molar refractivity (Wildman–Crippen MR) is 132 cm³/mol. The highest BCUT2D eigenvalue weighted by Crippen LogP contribution is 2.56. The van der Waals surface area contributed by atoms with Crippen LogP contribution in [0.3, 0.4) is 0 Å². The van der Waals surface area contributed by atoms with Crippen molar-refractivity contribution in [3.63, 3.8) is 0 Å². The normalized spacial score (nSPS) is 21.7. The fraction of sp³-hybridized carbons (Fsp3) is 0.0714. The molecule has 3 aliphatic rings. The smallest absolute Gasteiger partial charge is 0.241 e. The molecule has 2 heterocycles. The molecule has 0 saturated carbocycles. The summed E-state index contributed by atoms with van der Waals surface area (Å²) in [6, 6.07) is 9.23. The lowest BCUT2D eigenvalue weighted by Gasteiger charge is -2.24. The van der Waals surface area contributed by atoms with Gasteiger partial charge in [-0.25, -0.2) is 45.0 Å². The quantitative estimate of drug-likeness (QED) is 0.453. The van der Waals surface area contributed by atoms with E-state index in [0.29, 0.717) is 22.3 Å². The highest BCUT2D eigenvalue weighted by atomic mass is 14.9. The summed E-state index contributed by atoms with van der Waals surface area (Å²) in [7, 11) is 0. The standard InChI is InChI=1S/C28H10N10/c1-32-20(13-30)22-16-11-18-17(10-15(16)19(12-29)24(22)27-35-6-4-7-36-27)23(21(14-31)33-2)25(26(18)34-3)28-37-8-5-9-38-28/h4-11,17-18H/b22-20+,23-21-. The molecule has 0 aromatic carbocycles. The number of hydrogen-bond acceptors (Lipinski definition) is 7. The van der Waals surface area contributed by atoms with Gasteiger partial charge >= 0.3 is 0 Å². The SMILES string of the molecule is [C-]#[N+]C1=C(c2ncccn2)/C(=C(/C#N)[N+]#[C-])C2C=C3C(=CC12)/C(=C(/C#N)[N+]#[C-])C(c1ncccn1)=C3C#N. The predicted octanol–water partition coefficient (Wildman–Crippen LogP) is 4.39. The van der Waals surface area contributed by atoms with Crippen molar-refractivity contribution in [3.8, 4) is 18.2 Å². The molecule has 5 rings (SSSR count). The second kappa shape index (κ2) is 9.30. The maximum absolute atomic E-state index is 10.2. The first kappa shape index (κ1) is 23.3. The molecule has 38 heavy (non-hydrogen) atoms. The Bertz CT molecular complexity index is 1830. The number of hydrogen-bond donors (Lipinski definition) is 0. The molecule has 10 nitrogen and oxygen atoms in total. The van der Waals surface area contributed by atoms with Crippen LogP contribution in [0, 0.1) is 65.5 Å². The van der Waals surface area contributed by atoms with Gasteiger partial charge in [-0.05, 0) is 34.8 Å². The third-order valence-corrected chi connectivity index (χ3v) is 6.32. The average molecular weight is 486 g/mol. The van der Waals surface area contributed by atoms with Crippen LogP contribution in [-0.4, -0.2) is 19.9 Å². The second-order valence-corrected chi connectivity index (χ2v) is 8.02. The van der Waals surface area contributed by atoms with Crippen LogP contribution in [0.5, 0.6) is 0 Å². The minimum Gasteiger partial charge on any atom is -0.241 e. The van der Waals surface area contributed by atoms with E-state index in [1.807, 2.05) is 12.1 Å². The lowest BCUT2D eigenvalue weighted by molar-refractivity contribution is 0.646. The molecule has 3 aliphatic carbocycles. The van der Waals surface area contributed by atoms with Crippen LogP contribution in [-0.2, 0) is 0 Å². The van der Waals surface area contributed by atoms with E-state index in [1.54, 1.807) is 24.3 Å². The minimum absolute atomic E-state index is 0.154. The third kappa shape index (κ3) is 3.29. The summed E-state index contributed by atoms with van der Waals surface area (Å²) in [6.07, 6.45) is 9.43. The van der Waals surface area contributed by atoms with Gasteiger partial charge in [0.05, 0.1) is 37.4 Å². The Morgan fingerprint density at radius 1 is 0.737 bits per heavy atom. The molecule has 0 N–H and O–H groups in total. The zero-order valence-electron chi connectivity index (χ0n) is 19.2. The summed E-state index contributed by atoms with van der Waals surface area (Å²) < 4.78 is 0. The summed E-state index contributed by atoms with van der Waals surface area (Å²) in [4.78, 5) is 27.6. The number of nitrogens with zero attached hydrogens (tertiary/aromatic N) is 10. The molecule has 0 saturated heterocycles. The number of aromatic nitrogens is 4. The first-order chi connectivity index (χ1) is 18.6. The van der Waals surface area contributed by atoms with E-state index in [0.717, 1.165) is 0 Å². The maximum atomic E-state index is 10.2. The van der Waals surface area contributed by atoms with Crippen LogP contribution >= 0.6 is 0 Å². The molecule has 2 aromatic heterocycles. The van der Waals surface area contributed by atoms with Crippen LogP contribution in [0.25, 0.3) is 25.7 Å². The van der Waals surface area contributed by atoms with E-state index in [4.69, 9.17) is 19.7 Å². The van der Waals surface area contributed by atoms with Crippen molar-refractivity contribution >= 4 is 11.1 Å². The molecule has 10 heteroatoms. The largest absolute Gasteiger partial charge is 0.270 e. The molecule has 0 bridgehead atoms. The van der Waals surface area contributed by atoms with E-state index in [2.05, 4.69) is 40.5 Å². The molecule has 0 amide bonds. The lowest BCUT2D eigenvalue weighted by Crippen LogP contribution is -2.15. The topological polar surface area (TPSA) is 136 Å². The van der Waals surface area contributed by atoms with Crippen molar-refractivity contribution in [3.05, 3.63) is 140 Å². The van der Waals surface area contributed by atoms with E-state index in [-0.39, 0.29) is 45.5 Å². The number of allylic oxidation sites excluding steroid dienone is 11. The molecule has 2 aromatic rings. The molecular formula is C28H10N10. The fourth-order valence-corrected chi connectivity index (χ4v) is 4.93. The highest BCUT2D eigenvalue weighted by Gasteiger charge is 2.46. The number of fused-ring (bicyclic) bond motifs is 2. The summed E-state index contributed by atoms with van der Waals surface area (Å²) in [5.41, 5.74) is 1.80. The summed E-state index contributed by atoms with van der Waals surface area (Å²) in [5.74, 6) is -0.933. The highest BCUT2D eigenvalue weighted by molar-refractivity contribution is 6.00. The Morgan fingerprint density at radius 3 is 1.79 bits per heavy atom. The van der Waals surface area contributed by atoms with Crippen LogP contribution in [0.1, 0.15) is 11.6 Å². The Balaban J connectivity index is 1.87. The van der Waals surface area contributed by atoms with Gasteiger partial charge in [0.15, 0.2) is 11.5 Å². The van der Waals surface area contributed by atoms with Gasteiger partial charge in [-0.2, -0.15) is 5.26 Å². The Labute approximate surface area is 216 Å². The van der Waals surface area contributed by atoms with Gasteiger partial charge in [-0.15, -0.1) is 0 Å². The van der Waals surface area contributed by atoms with E-state index >= 15 is 0 Å². The van der Waals surface area contributed by atoms with Gasteiger partial charge in [-0.1, -0.05) is 12.2 Å². The Kier molecular flexibility index (Phi) is 5.70. The minimum atomic E-state index is -0.653. The molecule has 172 valence electrons. The van der Waals surface area contributed by atoms with Gasteiger partial charge in [0.2, 0.25) is 0 Å². The van der Waals surface area contributed by atoms with E-state index < -0.39 is 11.8 Å². The maximum Gasteiger partial charge on any atom is 0.270 e. The second-order valence-electron chi connectivity index (χ2n) is 8.02. The van der Waals surface area contributed by atoms with Crippen molar-refractivity contribution in [1.82, 2.24) is 19.9 Å². The molecule has 0 fully saturated rings. The third-order valence-electron chi connectivity index (χ3n) is 6.32. The molecule has 2 atom stereocenters. The van der Waals surface area contributed by atoms with Crippen LogP contribution in [0.4, 0.5) is 0 Å². The van der Waals surface area contributed by atoms with Crippen molar-refractivity contribution in [2.45, 2.75) is 0 Å². The molecular weight excluding hydrogens is 476 g/mol. The first-order valence-electron chi connectivity index (χ1n) is 10.9. The first-order valence-corrected chi connectivity index (χ1v) is 10.9. The van der Waals surface area contributed by atoms with Gasteiger partial charge in [0.25, 0.3) is 11.4 Å². The lowest BCUT2D eigenvalue weighted by atomic mass is 9.79. The summed E-state index contributed by atoms with van der Waals surface area (Å²) >= 11 is 0. The summed E-state index contributed by atoms with van der Waals surface area (Å²) in [5, 5.41) is 29.8. The van der Waals surface area contributed by atoms with Gasteiger partial charge < -0.3 is 0 Å². The molecule has 2 unspecified atom stereocenters. The monoisotopic (exact) mass is 486 g/mol. The average Bonchev–Trinajstić information content (AvgIpc) is 3.46.